The van der Waals surface area contributed by atoms with Gasteiger partial charge >= 0.3 is 0 Å². The third-order valence-corrected chi connectivity index (χ3v) is 3.24. The molecule has 5 nitrogen and oxygen atoms in total. The normalized spacial score (nSPS) is 15.9. The van der Waals surface area contributed by atoms with Crippen LogP contribution in [0.25, 0.3) is 10.9 Å². The summed E-state index contributed by atoms with van der Waals surface area (Å²) in [5.41, 5.74) is 2.15. The van der Waals surface area contributed by atoms with Crippen LogP contribution in [0.4, 0.5) is 0 Å². The van der Waals surface area contributed by atoms with Crippen molar-refractivity contribution in [2.24, 2.45) is 0 Å². The molecular weight excluding hydrogens is 230 g/mol. The number of hydrogen-bond acceptors (Lipinski definition) is 3. The van der Waals surface area contributed by atoms with Crippen LogP contribution in [0.15, 0.2) is 24.4 Å². The lowest BCUT2D eigenvalue weighted by Gasteiger charge is -2.14. The fourth-order valence-corrected chi connectivity index (χ4v) is 2.25. The Kier molecular flexibility index (Phi) is 2.59. The average Bonchev–Trinajstić information content (AvgIpc) is 2.92. The number of aromatic amines is 1. The van der Waals surface area contributed by atoms with Crippen molar-refractivity contribution in [1.29, 1.82) is 0 Å². The Morgan fingerprint density at radius 2 is 2.22 bits per heavy atom. The predicted octanol–water partition coefficient (Wildman–Crippen LogP) is 0.907. The molecule has 0 unspecified atom stereocenters. The fourth-order valence-electron chi connectivity index (χ4n) is 2.25. The standard InChI is InChI=1S/C13H13N3O2/c17-11-6-13(18)16(8-11)4-3-9-1-2-12-10(5-9)7-14-15-12/h1-2,5,7H,3-4,6,8H2,(H,14,15). The lowest BCUT2D eigenvalue weighted by atomic mass is 10.1. The van der Waals surface area contributed by atoms with Crippen LogP contribution in [-0.4, -0.2) is 39.9 Å². The Morgan fingerprint density at radius 3 is 3.00 bits per heavy atom. The highest BCUT2D eigenvalue weighted by Gasteiger charge is 2.26. The van der Waals surface area contributed by atoms with E-state index >= 15 is 0 Å². The van der Waals surface area contributed by atoms with E-state index in [0.717, 1.165) is 22.9 Å². The van der Waals surface area contributed by atoms with Crippen molar-refractivity contribution in [2.45, 2.75) is 12.8 Å². The van der Waals surface area contributed by atoms with E-state index in [0.29, 0.717) is 6.54 Å². The van der Waals surface area contributed by atoms with Crippen molar-refractivity contribution in [3.8, 4) is 0 Å². The minimum atomic E-state index is -0.0515. The van der Waals surface area contributed by atoms with E-state index in [1.807, 2.05) is 12.1 Å². The van der Waals surface area contributed by atoms with E-state index in [9.17, 15) is 9.59 Å². The molecule has 0 aliphatic carbocycles. The van der Waals surface area contributed by atoms with Gasteiger partial charge in [-0.25, -0.2) is 0 Å². The van der Waals surface area contributed by atoms with Gasteiger partial charge in [0.05, 0.1) is 24.7 Å². The molecule has 0 radical (unpaired) electrons. The number of carbonyl (C=O) groups excluding carboxylic acids is 2. The quantitative estimate of drug-likeness (QED) is 0.815. The van der Waals surface area contributed by atoms with Crippen molar-refractivity contribution < 1.29 is 9.59 Å². The first-order chi connectivity index (χ1) is 8.72. The van der Waals surface area contributed by atoms with E-state index in [1.54, 1.807) is 11.1 Å². The number of carbonyl (C=O) groups is 2. The highest BCUT2D eigenvalue weighted by atomic mass is 16.2. The lowest BCUT2D eigenvalue weighted by Crippen LogP contribution is -2.27. The number of benzene rings is 1. The van der Waals surface area contributed by atoms with E-state index in [-0.39, 0.29) is 24.7 Å². The van der Waals surface area contributed by atoms with Crippen molar-refractivity contribution >= 4 is 22.6 Å². The van der Waals surface area contributed by atoms with Gasteiger partial charge in [0.15, 0.2) is 5.78 Å². The SMILES string of the molecule is O=C1CC(=O)N(CCc2ccc3[nH]ncc3c2)C1. The number of nitrogens with one attached hydrogen (secondary N) is 1. The lowest BCUT2D eigenvalue weighted by molar-refractivity contribution is -0.127. The number of Topliss-reactive ketones (excluding diaryl/α,β-unsaturated/α-hetero) is 1. The monoisotopic (exact) mass is 243 g/mol. The van der Waals surface area contributed by atoms with Crippen LogP contribution in [0.1, 0.15) is 12.0 Å². The molecule has 3 rings (SSSR count). The molecule has 2 heterocycles. The van der Waals surface area contributed by atoms with Crippen LogP contribution in [0.2, 0.25) is 0 Å². The fraction of sp³-hybridized carbons (Fsp3) is 0.308. The number of hydrogen-bond donors (Lipinski definition) is 1. The van der Waals surface area contributed by atoms with Gasteiger partial charge in [0.25, 0.3) is 0 Å². The molecular formula is C13H13N3O2. The molecule has 1 aromatic carbocycles. The molecule has 0 saturated carbocycles. The molecule has 5 heteroatoms. The van der Waals surface area contributed by atoms with Gasteiger partial charge < -0.3 is 4.90 Å². The first kappa shape index (κ1) is 11.0. The topological polar surface area (TPSA) is 66.1 Å². The summed E-state index contributed by atoms with van der Waals surface area (Å²) < 4.78 is 0. The maximum Gasteiger partial charge on any atom is 0.230 e. The maximum absolute atomic E-state index is 11.5. The summed E-state index contributed by atoms with van der Waals surface area (Å²) in [6.07, 6.45) is 2.62. The Balaban J connectivity index is 1.69. The van der Waals surface area contributed by atoms with Crippen LogP contribution in [0, 0.1) is 0 Å². The Bertz CT molecular complexity index is 617. The van der Waals surface area contributed by atoms with Crippen molar-refractivity contribution in [2.75, 3.05) is 13.1 Å². The second kappa shape index (κ2) is 4.25. The number of rotatable bonds is 3. The zero-order valence-corrected chi connectivity index (χ0v) is 9.85. The van der Waals surface area contributed by atoms with Crippen LogP contribution in [-0.2, 0) is 16.0 Å². The number of nitrogens with zero attached hydrogens (tertiary/aromatic N) is 2. The number of amides is 1. The molecule has 1 aromatic heterocycles. The second-order valence-corrected chi connectivity index (χ2v) is 4.57. The zero-order chi connectivity index (χ0) is 12.5. The number of aromatic nitrogens is 2. The van der Waals surface area contributed by atoms with Crippen LogP contribution in [0.5, 0.6) is 0 Å². The van der Waals surface area contributed by atoms with Crippen molar-refractivity contribution in [3.63, 3.8) is 0 Å². The third kappa shape index (κ3) is 1.99. The summed E-state index contributed by atoms with van der Waals surface area (Å²) in [4.78, 5) is 24.2. The van der Waals surface area contributed by atoms with Crippen LogP contribution in [0.3, 0.4) is 0 Å². The molecule has 1 amide bonds. The van der Waals surface area contributed by atoms with Crippen LogP contribution >= 0.6 is 0 Å². The van der Waals surface area contributed by atoms with Gasteiger partial charge in [-0.2, -0.15) is 5.10 Å². The van der Waals surface area contributed by atoms with E-state index in [1.165, 1.54) is 0 Å². The third-order valence-electron chi connectivity index (χ3n) is 3.24. The maximum atomic E-state index is 11.5. The zero-order valence-electron chi connectivity index (χ0n) is 9.85. The Labute approximate surface area is 104 Å². The second-order valence-electron chi connectivity index (χ2n) is 4.57. The molecule has 1 aliphatic rings. The van der Waals surface area contributed by atoms with Gasteiger partial charge in [0.2, 0.25) is 5.91 Å². The van der Waals surface area contributed by atoms with Crippen LogP contribution < -0.4 is 0 Å². The minimum absolute atomic E-state index is 0.0188. The minimum Gasteiger partial charge on any atom is -0.335 e. The smallest absolute Gasteiger partial charge is 0.230 e. The summed E-state index contributed by atoms with van der Waals surface area (Å²) in [6.45, 7) is 0.876. The summed E-state index contributed by atoms with van der Waals surface area (Å²) in [5.74, 6) is -0.0327. The molecule has 0 bridgehead atoms. The first-order valence-electron chi connectivity index (χ1n) is 5.94. The number of likely N-dealkylation sites (tertiary alicyclic amines) is 1. The summed E-state index contributed by atoms with van der Waals surface area (Å²) >= 11 is 0. The van der Waals surface area contributed by atoms with Gasteiger partial charge in [0, 0.05) is 11.9 Å². The molecule has 2 aromatic rings. The van der Waals surface area contributed by atoms with E-state index in [4.69, 9.17) is 0 Å². The van der Waals surface area contributed by atoms with Gasteiger partial charge in [-0.15, -0.1) is 0 Å². The summed E-state index contributed by atoms with van der Waals surface area (Å²) in [5, 5.41) is 7.93. The molecule has 1 saturated heterocycles. The van der Waals surface area contributed by atoms with Crippen molar-refractivity contribution in [1.82, 2.24) is 15.1 Å². The van der Waals surface area contributed by atoms with E-state index in [2.05, 4.69) is 16.3 Å². The largest absolute Gasteiger partial charge is 0.335 e. The summed E-state index contributed by atoms with van der Waals surface area (Å²) in [6, 6.07) is 6.05. The van der Waals surface area contributed by atoms with Gasteiger partial charge in [-0.05, 0) is 24.1 Å². The molecule has 1 N–H and O–H groups in total. The molecule has 0 atom stereocenters. The summed E-state index contributed by atoms with van der Waals surface area (Å²) in [7, 11) is 0. The van der Waals surface area contributed by atoms with Gasteiger partial charge in [-0.1, -0.05) is 6.07 Å². The van der Waals surface area contributed by atoms with E-state index < -0.39 is 0 Å². The molecule has 1 aliphatic heterocycles. The van der Waals surface area contributed by atoms with Crippen molar-refractivity contribution in [3.05, 3.63) is 30.0 Å². The molecule has 0 spiro atoms. The highest BCUT2D eigenvalue weighted by molar-refractivity contribution is 6.05. The first-order valence-corrected chi connectivity index (χ1v) is 5.94. The average molecular weight is 243 g/mol. The molecule has 1 fully saturated rings. The number of H-pyrrole nitrogens is 1. The Hall–Kier alpha value is -2.17. The highest BCUT2D eigenvalue weighted by Crippen LogP contribution is 2.14. The number of fused-ring (bicyclic) bond motifs is 1. The predicted molar refractivity (Wildman–Crippen MR) is 66.0 cm³/mol. The Morgan fingerprint density at radius 1 is 1.33 bits per heavy atom. The number of ketones is 1. The molecule has 18 heavy (non-hydrogen) atoms. The molecule has 92 valence electrons. The van der Waals surface area contributed by atoms with Gasteiger partial charge in [-0.3, -0.25) is 14.7 Å². The van der Waals surface area contributed by atoms with Gasteiger partial charge in [0.1, 0.15) is 0 Å².